The maximum atomic E-state index is 11.8. The number of carboxylic acids is 1. The zero-order valence-corrected chi connectivity index (χ0v) is 12.8. The van der Waals surface area contributed by atoms with E-state index in [-0.39, 0.29) is 18.4 Å². The van der Waals surface area contributed by atoms with Gasteiger partial charge in [-0.25, -0.2) is 0 Å². The first kappa shape index (κ1) is 17.2. The maximum absolute atomic E-state index is 11.8. The first-order chi connectivity index (χ1) is 9.88. The molecule has 7 nitrogen and oxygen atoms in total. The lowest BCUT2D eigenvalue weighted by Gasteiger charge is -2.25. The van der Waals surface area contributed by atoms with E-state index >= 15 is 0 Å². The summed E-state index contributed by atoms with van der Waals surface area (Å²) in [6.07, 6.45) is 1.06. The van der Waals surface area contributed by atoms with E-state index in [4.69, 9.17) is 9.63 Å². The Morgan fingerprint density at radius 2 is 2.10 bits per heavy atom. The molecule has 1 heterocycles. The molecule has 1 aromatic heterocycles. The van der Waals surface area contributed by atoms with Gasteiger partial charge in [0.1, 0.15) is 5.76 Å². The van der Waals surface area contributed by atoms with E-state index in [1.165, 1.54) is 0 Å². The number of anilines is 1. The Kier molecular flexibility index (Phi) is 6.87. The van der Waals surface area contributed by atoms with Gasteiger partial charge in [-0.3, -0.25) is 9.59 Å². The van der Waals surface area contributed by atoms with Gasteiger partial charge >= 0.3 is 5.97 Å². The third kappa shape index (κ3) is 6.89. The van der Waals surface area contributed by atoms with Gasteiger partial charge in [0.05, 0.1) is 0 Å². The molecule has 0 aromatic carbocycles. The van der Waals surface area contributed by atoms with Crippen LogP contribution in [0.15, 0.2) is 10.6 Å². The number of amides is 1. The monoisotopic (exact) mass is 297 g/mol. The molecule has 21 heavy (non-hydrogen) atoms. The van der Waals surface area contributed by atoms with E-state index in [1.807, 2.05) is 13.8 Å². The van der Waals surface area contributed by atoms with Gasteiger partial charge in [-0.1, -0.05) is 5.16 Å². The topological polar surface area (TPSA) is 95.7 Å². The number of carboxylic acid groups (broad SMARTS) is 1. The molecule has 0 aliphatic heterocycles. The quantitative estimate of drug-likeness (QED) is 0.722. The molecule has 0 spiro atoms. The van der Waals surface area contributed by atoms with Crippen molar-refractivity contribution in [2.24, 2.45) is 0 Å². The second-order valence-corrected chi connectivity index (χ2v) is 5.25. The number of carbonyl (C=O) groups is 2. The third-order valence-corrected chi connectivity index (χ3v) is 3.09. The number of aromatic nitrogens is 1. The van der Waals surface area contributed by atoms with Crippen LogP contribution in [0.5, 0.6) is 0 Å². The molecule has 0 radical (unpaired) electrons. The average molecular weight is 297 g/mol. The lowest BCUT2D eigenvalue weighted by Crippen LogP contribution is -2.34. The fourth-order valence-electron chi connectivity index (χ4n) is 1.94. The average Bonchev–Trinajstić information content (AvgIpc) is 2.78. The van der Waals surface area contributed by atoms with Crippen LogP contribution in [-0.4, -0.2) is 46.2 Å². The molecule has 2 N–H and O–H groups in total. The van der Waals surface area contributed by atoms with Crippen molar-refractivity contribution in [2.75, 3.05) is 18.4 Å². The second kappa shape index (κ2) is 8.41. The molecule has 118 valence electrons. The molecule has 0 atom stereocenters. The van der Waals surface area contributed by atoms with E-state index in [2.05, 4.69) is 15.4 Å². The first-order valence-electron chi connectivity index (χ1n) is 7.07. The van der Waals surface area contributed by atoms with Gasteiger partial charge in [0, 0.05) is 31.5 Å². The molecule has 0 aliphatic rings. The van der Waals surface area contributed by atoms with Gasteiger partial charge in [-0.15, -0.1) is 0 Å². The summed E-state index contributed by atoms with van der Waals surface area (Å²) in [5.41, 5.74) is 0. The van der Waals surface area contributed by atoms with Crippen molar-refractivity contribution < 1.29 is 19.2 Å². The fraction of sp³-hybridized carbons (Fsp3) is 0.643. The molecule has 1 aromatic rings. The molecule has 1 amide bonds. The highest BCUT2D eigenvalue weighted by Gasteiger charge is 2.13. The van der Waals surface area contributed by atoms with Crippen LogP contribution in [0.3, 0.4) is 0 Å². The van der Waals surface area contributed by atoms with Gasteiger partial charge in [0.15, 0.2) is 5.82 Å². The lowest BCUT2D eigenvalue weighted by molar-refractivity contribution is -0.137. The van der Waals surface area contributed by atoms with Gasteiger partial charge in [0.2, 0.25) is 5.91 Å². The van der Waals surface area contributed by atoms with Gasteiger partial charge in [-0.2, -0.15) is 0 Å². The molecule has 0 aliphatic carbocycles. The summed E-state index contributed by atoms with van der Waals surface area (Å²) < 4.78 is 4.87. The predicted octanol–water partition coefficient (Wildman–Crippen LogP) is 1.89. The fourth-order valence-corrected chi connectivity index (χ4v) is 1.94. The van der Waals surface area contributed by atoms with Crippen molar-refractivity contribution in [1.29, 1.82) is 0 Å². The summed E-state index contributed by atoms with van der Waals surface area (Å²) in [4.78, 5) is 24.4. The normalized spacial score (nSPS) is 11.1. The van der Waals surface area contributed by atoms with Crippen molar-refractivity contribution >= 4 is 17.7 Å². The Labute approximate surface area is 124 Å². The Hall–Kier alpha value is -1.89. The maximum Gasteiger partial charge on any atom is 0.303 e. The largest absolute Gasteiger partial charge is 0.481 e. The van der Waals surface area contributed by atoms with E-state index in [9.17, 15) is 9.59 Å². The van der Waals surface area contributed by atoms with Crippen LogP contribution in [0.2, 0.25) is 0 Å². The summed E-state index contributed by atoms with van der Waals surface area (Å²) in [5.74, 6) is 0.132. The number of rotatable bonds is 9. The van der Waals surface area contributed by atoms with Gasteiger partial charge < -0.3 is 19.8 Å². The van der Waals surface area contributed by atoms with E-state index in [0.717, 1.165) is 0 Å². The third-order valence-electron chi connectivity index (χ3n) is 3.09. The summed E-state index contributed by atoms with van der Waals surface area (Å²) in [6.45, 7) is 7.06. The standard InChI is InChI=1S/C14H23N3O4/c1-10(2)17(7-4-5-14(19)20)8-6-13(18)15-12-9-11(3)21-16-12/h9-10H,4-8H2,1-3H3,(H,19,20)(H,15,16,18). The smallest absolute Gasteiger partial charge is 0.303 e. The van der Waals surface area contributed by atoms with Crippen LogP contribution >= 0.6 is 0 Å². The molecule has 0 fully saturated rings. The summed E-state index contributed by atoms with van der Waals surface area (Å²) in [5, 5.41) is 15.0. The number of hydrogen-bond acceptors (Lipinski definition) is 5. The summed E-state index contributed by atoms with van der Waals surface area (Å²) in [6, 6.07) is 1.92. The molecular formula is C14H23N3O4. The van der Waals surface area contributed by atoms with E-state index < -0.39 is 5.97 Å². The highest BCUT2D eigenvalue weighted by Crippen LogP contribution is 2.08. The molecule has 1 rings (SSSR count). The Morgan fingerprint density at radius 1 is 1.38 bits per heavy atom. The number of aliphatic carboxylic acids is 1. The molecular weight excluding hydrogens is 274 g/mol. The van der Waals surface area contributed by atoms with E-state index in [1.54, 1.807) is 13.0 Å². The molecule has 0 saturated carbocycles. The number of hydrogen-bond donors (Lipinski definition) is 2. The van der Waals surface area contributed by atoms with Crippen molar-refractivity contribution in [3.63, 3.8) is 0 Å². The minimum Gasteiger partial charge on any atom is -0.481 e. The predicted molar refractivity (Wildman–Crippen MR) is 78.1 cm³/mol. The Morgan fingerprint density at radius 3 is 2.62 bits per heavy atom. The van der Waals surface area contributed by atoms with E-state index in [0.29, 0.717) is 37.5 Å². The first-order valence-corrected chi connectivity index (χ1v) is 7.07. The van der Waals surface area contributed by atoms with Gasteiger partial charge in [-0.05, 0) is 33.7 Å². The Bertz CT molecular complexity index is 471. The number of nitrogens with one attached hydrogen (secondary N) is 1. The summed E-state index contributed by atoms with van der Waals surface area (Å²) >= 11 is 0. The zero-order valence-electron chi connectivity index (χ0n) is 12.8. The van der Waals surface area contributed by atoms with Crippen LogP contribution in [0.1, 0.15) is 38.9 Å². The van der Waals surface area contributed by atoms with Crippen molar-refractivity contribution in [2.45, 2.75) is 46.1 Å². The van der Waals surface area contributed by atoms with Crippen LogP contribution in [-0.2, 0) is 9.59 Å². The van der Waals surface area contributed by atoms with Gasteiger partial charge in [0.25, 0.3) is 0 Å². The number of carbonyl (C=O) groups excluding carboxylic acids is 1. The number of nitrogens with zero attached hydrogens (tertiary/aromatic N) is 2. The number of aryl methyl sites for hydroxylation is 1. The van der Waals surface area contributed by atoms with Crippen LogP contribution in [0, 0.1) is 6.92 Å². The highest BCUT2D eigenvalue weighted by atomic mass is 16.5. The Balaban J connectivity index is 2.34. The molecule has 7 heteroatoms. The lowest BCUT2D eigenvalue weighted by atomic mass is 10.2. The van der Waals surface area contributed by atoms with Crippen LogP contribution in [0.25, 0.3) is 0 Å². The zero-order chi connectivity index (χ0) is 15.8. The van der Waals surface area contributed by atoms with Crippen molar-refractivity contribution in [3.05, 3.63) is 11.8 Å². The van der Waals surface area contributed by atoms with Crippen LogP contribution in [0.4, 0.5) is 5.82 Å². The van der Waals surface area contributed by atoms with Crippen molar-refractivity contribution in [3.8, 4) is 0 Å². The summed E-state index contributed by atoms with van der Waals surface area (Å²) in [7, 11) is 0. The molecule has 0 saturated heterocycles. The second-order valence-electron chi connectivity index (χ2n) is 5.25. The van der Waals surface area contributed by atoms with Crippen molar-refractivity contribution in [1.82, 2.24) is 10.1 Å². The molecule has 0 bridgehead atoms. The highest BCUT2D eigenvalue weighted by molar-refractivity contribution is 5.89. The molecule has 0 unspecified atom stereocenters. The minimum atomic E-state index is -0.794. The SMILES string of the molecule is Cc1cc(NC(=O)CCN(CCCC(=O)O)C(C)C)no1. The minimum absolute atomic E-state index is 0.132. The van der Waals surface area contributed by atoms with Crippen LogP contribution < -0.4 is 5.32 Å².